The minimum atomic E-state index is -0.362. The van der Waals surface area contributed by atoms with Gasteiger partial charge in [0, 0.05) is 31.8 Å². The fourth-order valence-corrected chi connectivity index (χ4v) is 3.25. The molecule has 0 aliphatic heterocycles. The van der Waals surface area contributed by atoms with Gasteiger partial charge in [-0.2, -0.15) is 5.10 Å². The average Bonchev–Trinajstić information content (AvgIpc) is 2.69. The lowest BCUT2D eigenvalue weighted by molar-refractivity contribution is 0.0955. The predicted molar refractivity (Wildman–Crippen MR) is 119 cm³/mol. The first-order valence-electron chi connectivity index (χ1n) is 8.37. The topological polar surface area (TPSA) is 50.7 Å². The molecule has 8 heteroatoms. The zero-order valence-corrected chi connectivity index (χ0v) is 17.9. The highest BCUT2D eigenvalue weighted by Gasteiger charge is 2.06. The summed E-state index contributed by atoms with van der Waals surface area (Å²) < 4.78 is 5.69. The molecule has 4 nitrogen and oxygen atoms in total. The Labute approximate surface area is 188 Å². The van der Waals surface area contributed by atoms with Crippen LogP contribution >= 0.6 is 46.4 Å². The van der Waals surface area contributed by atoms with Crippen LogP contribution in [0.4, 0.5) is 0 Å². The van der Waals surface area contributed by atoms with Gasteiger partial charge in [-0.1, -0.05) is 58.5 Å². The van der Waals surface area contributed by atoms with Crippen molar-refractivity contribution in [1.82, 2.24) is 5.43 Å². The summed E-state index contributed by atoms with van der Waals surface area (Å²) in [6.07, 6.45) is 1.45. The molecule has 0 spiro atoms. The van der Waals surface area contributed by atoms with E-state index in [1.54, 1.807) is 60.7 Å². The molecule has 3 rings (SSSR count). The highest BCUT2D eigenvalue weighted by Crippen LogP contribution is 2.23. The molecule has 0 unspecified atom stereocenters. The number of benzene rings is 3. The van der Waals surface area contributed by atoms with Crippen molar-refractivity contribution in [2.24, 2.45) is 5.10 Å². The molecule has 1 amide bonds. The van der Waals surface area contributed by atoms with E-state index in [-0.39, 0.29) is 12.5 Å². The van der Waals surface area contributed by atoms with Crippen LogP contribution < -0.4 is 10.2 Å². The standard InChI is InChI=1S/C21H14Cl4N2O2/c22-16-5-1-14(19(24)9-16)11-26-27-21(28)13-3-7-18(8-4-13)29-12-15-2-6-17(23)10-20(15)25/h1-11H,12H2,(H,27,28)/b26-11-. The van der Waals surface area contributed by atoms with Crippen LogP contribution in [0, 0.1) is 0 Å². The Morgan fingerprint density at radius 3 is 2.21 bits per heavy atom. The molecule has 0 aliphatic carbocycles. The molecule has 0 atom stereocenters. The molecular formula is C21H14Cl4N2O2. The summed E-state index contributed by atoms with van der Waals surface area (Å²) in [5, 5.41) is 5.98. The van der Waals surface area contributed by atoms with E-state index in [0.717, 1.165) is 5.56 Å². The molecule has 29 heavy (non-hydrogen) atoms. The minimum Gasteiger partial charge on any atom is -0.489 e. The lowest BCUT2D eigenvalue weighted by Crippen LogP contribution is -2.17. The summed E-state index contributed by atoms with van der Waals surface area (Å²) in [7, 11) is 0. The minimum absolute atomic E-state index is 0.285. The number of nitrogens with one attached hydrogen (secondary N) is 1. The Kier molecular flexibility index (Phi) is 7.40. The van der Waals surface area contributed by atoms with Crippen molar-refractivity contribution in [2.75, 3.05) is 0 Å². The molecule has 3 aromatic rings. The van der Waals surface area contributed by atoms with Gasteiger partial charge in [-0.15, -0.1) is 0 Å². The Morgan fingerprint density at radius 1 is 0.897 bits per heavy atom. The number of carbonyl (C=O) groups is 1. The van der Waals surface area contributed by atoms with Crippen LogP contribution in [0.1, 0.15) is 21.5 Å². The highest BCUT2D eigenvalue weighted by atomic mass is 35.5. The third-order valence-corrected chi connectivity index (χ3v) is 5.01. The summed E-state index contributed by atoms with van der Waals surface area (Å²) in [4.78, 5) is 12.2. The fraction of sp³-hybridized carbons (Fsp3) is 0.0476. The van der Waals surface area contributed by atoms with Crippen LogP contribution in [0.5, 0.6) is 5.75 Å². The Balaban J connectivity index is 1.56. The van der Waals surface area contributed by atoms with Gasteiger partial charge in [0.15, 0.2) is 0 Å². The van der Waals surface area contributed by atoms with Gasteiger partial charge in [-0.25, -0.2) is 5.43 Å². The molecular weight excluding hydrogens is 454 g/mol. The smallest absolute Gasteiger partial charge is 0.271 e. The van der Waals surface area contributed by atoms with E-state index in [0.29, 0.717) is 37.0 Å². The van der Waals surface area contributed by atoms with E-state index in [1.165, 1.54) is 6.21 Å². The lowest BCUT2D eigenvalue weighted by Gasteiger charge is -2.08. The van der Waals surface area contributed by atoms with Gasteiger partial charge >= 0.3 is 0 Å². The Bertz CT molecular complexity index is 1050. The predicted octanol–water partition coefficient (Wildman–Crippen LogP) is 6.64. The SMILES string of the molecule is O=C(N/N=C\c1ccc(Cl)cc1Cl)c1ccc(OCc2ccc(Cl)cc2Cl)cc1. The number of amides is 1. The van der Waals surface area contributed by atoms with Gasteiger partial charge < -0.3 is 4.74 Å². The Morgan fingerprint density at radius 2 is 1.55 bits per heavy atom. The fourth-order valence-electron chi connectivity index (χ4n) is 2.33. The van der Waals surface area contributed by atoms with Crippen LogP contribution in [-0.2, 0) is 6.61 Å². The van der Waals surface area contributed by atoms with Crippen molar-refractivity contribution in [3.8, 4) is 5.75 Å². The molecule has 148 valence electrons. The number of hydrogen-bond acceptors (Lipinski definition) is 3. The van der Waals surface area contributed by atoms with E-state index in [2.05, 4.69) is 10.5 Å². The zero-order valence-electron chi connectivity index (χ0n) is 14.8. The van der Waals surface area contributed by atoms with E-state index in [1.807, 2.05) is 0 Å². The second-order valence-corrected chi connectivity index (χ2v) is 7.60. The first kappa shape index (κ1) is 21.5. The van der Waals surface area contributed by atoms with Crippen molar-refractivity contribution in [3.63, 3.8) is 0 Å². The van der Waals surface area contributed by atoms with Crippen molar-refractivity contribution in [1.29, 1.82) is 0 Å². The van der Waals surface area contributed by atoms with E-state index >= 15 is 0 Å². The molecule has 0 heterocycles. The summed E-state index contributed by atoms with van der Waals surface area (Å²) in [6, 6.07) is 16.9. The maximum atomic E-state index is 12.2. The van der Waals surface area contributed by atoms with Crippen molar-refractivity contribution in [3.05, 3.63) is 97.4 Å². The first-order chi connectivity index (χ1) is 13.9. The van der Waals surface area contributed by atoms with Gasteiger partial charge in [0.05, 0.1) is 11.2 Å². The molecule has 0 radical (unpaired) electrons. The summed E-state index contributed by atoms with van der Waals surface area (Å²) in [5.74, 6) is 0.239. The first-order valence-corrected chi connectivity index (χ1v) is 9.89. The molecule has 0 saturated heterocycles. The number of ether oxygens (including phenoxy) is 1. The maximum absolute atomic E-state index is 12.2. The average molecular weight is 468 g/mol. The number of hydrazone groups is 1. The number of halogens is 4. The molecule has 1 N–H and O–H groups in total. The van der Waals surface area contributed by atoms with Crippen LogP contribution in [-0.4, -0.2) is 12.1 Å². The number of carbonyl (C=O) groups excluding carboxylic acids is 1. The molecule has 0 aromatic heterocycles. The van der Waals surface area contributed by atoms with Gasteiger partial charge in [-0.05, 0) is 48.5 Å². The van der Waals surface area contributed by atoms with Crippen LogP contribution in [0.25, 0.3) is 0 Å². The second kappa shape index (κ2) is 9.99. The van der Waals surface area contributed by atoms with Gasteiger partial charge in [-0.3, -0.25) is 4.79 Å². The molecule has 0 bridgehead atoms. The third-order valence-electron chi connectivity index (χ3n) is 3.86. The van der Waals surface area contributed by atoms with Gasteiger partial charge in [0.1, 0.15) is 12.4 Å². The van der Waals surface area contributed by atoms with Crippen molar-refractivity contribution in [2.45, 2.75) is 6.61 Å². The van der Waals surface area contributed by atoms with E-state index in [4.69, 9.17) is 51.1 Å². The largest absolute Gasteiger partial charge is 0.489 e. The van der Waals surface area contributed by atoms with Crippen LogP contribution in [0.3, 0.4) is 0 Å². The lowest BCUT2D eigenvalue weighted by atomic mass is 10.2. The van der Waals surface area contributed by atoms with Crippen LogP contribution in [0.15, 0.2) is 65.8 Å². The number of nitrogens with zero attached hydrogens (tertiary/aromatic N) is 1. The normalized spacial score (nSPS) is 10.9. The summed E-state index contributed by atoms with van der Waals surface area (Å²) in [6.45, 7) is 0.285. The molecule has 0 saturated carbocycles. The monoisotopic (exact) mass is 466 g/mol. The summed E-state index contributed by atoms with van der Waals surface area (Å²) in [5.41, 5.74) is 4.33. The van der Waals surface area contributed by atoms with Crippen molar-refractivity contribution < 1.29 is 9.53 Å². The molecule has 3 aromatic carbocycles. The Hall–Kier alpha value is -2.24. The maximum Gasteiger partial charge on any atom is 0.271 e. The quantitative estimate of drug-likeness (QED) is 0.326. The second-order valence-electron chi connectivity index (χ2n) is 5.91. The number of rotatable bonds is 6. The van der Waals surface area contributed by atoms with E-state index < -0.39 is 0 Å². The third kappa shape index (κ3) is 6.12. The number of hydrogen-bond donors (Lipinski definition) is 1. The molecule has 0 fully saturated rings. The van der Waals surface area contributed by atoms with E-state index in [9.17, 15) is 4.79 Å². The zero-order chi connectivity index (χ0) is 20.8. The summed E-state index contributed by atoms with van der Waals surface area (Å²) >= 11 is 23.9. The van der Waals surface area contributed by atoms with Gasteiger partial charge in [0.2, 0.25) is 0 Å². The van der Waals surface area contributed by atoms with Gasteiger partial charge in [0.25, 0.3) is 5.91 Å². The van der Waals surface area contributed by atoms with Crippen LogP contribution in [0.2, 0.25) is 20.1 Å². The highest BCUT2D eigenvalue weighted by molar-refractivity contribution is 6.36. The van der Waals surface area contributed by atoms with Crippen molar-refractivity contribution >= 4 is 58.5 Å². The molecule has 0 aliphatic rings.